The van der Waals surface area contributed by atoms with Crippen molar-refractivity contribution in [1.29, 1.82) is 0 Å². The first kappa shape index (κ1) is 26.0. The zero-order valence-electron chi connectivity index (χ0n) is 21.8. The SMILES string of the molecule is O=C(Nc1ccc(-c2nc(Cc3ccc4c(c3)OCCO4)n[nH]2)cc1)c1cccc(CN2CCS(=O)(=O)CC2)c1. The van der Waals surface area contributed by atoms with Crippen LogP contribution in [-0.2, 0) is 22.8 Å². The lowest BCUT2D eigenvalue weighted by atomic mass is 10.1. The molecule has 0 aliphatic carbocycles. The zero-order valence-corrected chi connectivity index (χ0v) is 22.6. The second kappa shape index (κ2) is 11.1. The van der Waals surface area contributed by atoms with E-state index in [0.29, 0.717) is 62.2 Å². The highest BCUT2D eigenvalue weighted by Gasteiger charge is 2.21. The van der Waals surface area contributed by atoms with Crippen LogP contribution < -0.4 is 14.8 Å². The number of benzene rings is 3. The van der Waals surface area contributed by atoms with E-state index in [1.54, 1.807) is 6.07 Å². The van der Waals surface area contributed by atoms with Gasteiger partial charge in [0.05, 0.1) is 11.5 Å². The fourth-order valence-corrected chi connectivity index (χ4v) is 6.05. The highest BCUT2D eigenvalue weighted by Crippen LogP contribution is 2.31. The molecule has 0 bridgehead atoms. The minimum absolute atomic E-state index is 0.179. The standard InChI is InChI=1S/C29H29N5O5S/c35-29(23-3-1-2-21(16-23)19-34-10-14-40(36,37)15-11-34)30-24-7-5-22(6-8-24)28-31-27(32-33-28)18-20-4-9-25-26(17-20)39-13-12-38-25/h1-9,16-17H,10-15,18-19H2,(H,30,35)(H,31,32,33). The molecule has 6 rings (SSSR count). The van der Waals surface area contributed by atoms with Crippen LogP contribution in [0, 0.1) is 0 Å². The Balaban J connectivity index is 1.06. The minimum Gasteiger partial charge on any atom is -0.486 e. The number of anilines is 1. The third-order valence-corrected chi connectivity index (χ3v) is 8.56. The first-order valence-corrected chi connectivity index (χ1v) is 15.0. The number of rotatable bonds is 7. The van der Waals surface area contributed by atoms with Crippen molar-refractivity contribution in [2.24, 2.45) is 0 Å². The molecule has 0 radical (unpaired) electrons. The van der Waals surface area contributed by atoms with Gasteiger partial charge in [0.25, 0.3) is 5.91 Å². The summed E-state index contributed by atoms with van der Waals surface area (Å²) in [4.78, 5) is 19.6. The molecule has 0 unspecified atom stereocenters. The summed E-state index contributed by atoms with van der Waals surface area (Å²) in [5, 5.41) is 10.3. The average Bonchev–Trinajstić information content (AvgIpc) is 3.43. The van der Waals surface area contributed by atoms with Crippen LogP contribution in [0.4, 0.5) is 5.69 Å². The van der Waals surface area contributed by atoms with Crippen molar-refractivity contribution in [3.05, 3.63) is 89.2 Å². The van der Waals surface area contributed by atoms with Gasteiger partial charge < -0.3 is 14.8 Å². The van der Waals surface area contributed by atoms with Gasteiger partial charge in [-0.1, -0.05) is 18.2 Å². The van der Waals surface area contributed by atoms with Gasteiger partial charge >= 0.3 is 0 Å². The summed E-state index contributed by atoms with van der Waals surface area (Å²) in [6.45, 7) is 2.73. The molecule has 0 saturated carbocycles. The maximum Gasteiger partial charge on any atom is 0.255 e. The van der Waals surface area contributed by atoms with Crippen LogP contribution in [0.3, 0.4) is 0 Å². The third-order valence-electron chi connectivity index (χ3n) is 6.95. The number of carbonyl (C=O) groups is 1. The molecular formula is C29H29N5O5S. The highest BCUT2D eigenvalue weighted by molar-refractivity contribution is 7.91. The summed E-state index contributed by atoms with van der Waals surface area (Å²) >= 11 is 0. The van der Waals surface area contributed by atoms with Gasteiger partial charge in [-0.3, -0.25) is 14.8 Å². The molecule has 2 N–H and O–H groups in total. The Kier molecular flexibility index (Phi) is 7.23. The Hall–Kier alpha value is -4.22. The van der Waals surface area contributed by atoms with Gasteiger partial charge in [0.2, 0.25) is 0 Å². The number of aromatic nitrogens is 3. The lowest BCUT2D eigenvalue weighted by Crippen LogP contribution is -2.39. The number of carbonyl (C=O) groups excluding carboxylic acids is 1. The molecule has 1 amide bonds. The van der Waals surface area contributed by atoms with E-state index in [4.69, 9.17) is 9.47 Å². The number of H-pyrrole nitrogens is 1. The topological polar surface area (TPSA) is 127 Å². The van der Waals surface area contributed by atoms with Gasteiger partial charge in [0, 0.05) is 42.9 Å². The van der Waals surface area contributed by atoms with Crippen LogP contribution in [-0.4, -0.2) is 72.2 Å². The van der Waals surface area contributed by atoms with E-state index in [0.717, 1.165) is 28.2 Å². The van der Waals surface area contributed by atoms with Crippen molar-refractivity contribution < 1.29 is 22.7 Å². The van der Waals surface area contributed by atoms with E-state index in [-0.39, 0.29) is 17.4 Å². The minimum atomic E-state index is -2.92. The molecule has 2 aliphatic rings. The van der Waals surface area contributed by atoms with Crippen LogP contribution in [0.2, 0.25) is 0 Å². The Morgan fingerprint density at radius 2 is 1.70 bits per heavy atom. The van der Waals surface area contributed by atoms with Crippen LogP contribution >= 0.6 is 0 Å². The molecule has 11 heteroatoms. The van der Waals surface area contributed by atoms with Gasteiger partial charge in [-0.25, -0.2) is 13.4 Å². The van der Waals surface area contributed by atoms with Crippen molar-refractivity contribution in [2.75, 3.05) is 43.1 Å². The van der Waals surface area contributed by atoms with E-state index in [1.807, 2.05) is 60.7 Å². The smallest absolute Gasteiger partial charge is 0.255 e. The van der Waals surface area contributed by atoms with E-state index in [9.17, 15) is 13.2 Å². The number of nitrogens with one attached hydrogen (secondary N) is 2. The Bertz CT molecular complexity index is 1620. The molecule has 40 heavy (non-hydrogen) atoms. The van der Waals surface area contributed by atoms with Crippen molar-refractivity contribution >= 4 is 21.4 Å². The first-order chi connectivity index (χ1) is 19.4. The molecule has 1 fully saturated rings. The summed E-state index contributed by atoms with van der Waals surface area (Å²) in [6, 6.07) is 20.7. The highest BCUT2D eigenvalue weighted by atomic mass is 32.2. The third kappa shape index (κ3) is 6.16. The molecule has 0 atom stereocenters. The number of hydrogen-bond acceptors (Lipinski definition) is 8. The monoisotopic (exact) mass is 559 g/mol. The first-order valence-electron chi connectivity index (χ1n) is 13.1. The van der Waals surface area contributed by atoms with E-state index in [1.165, 1.54) is 0 Å². The van der Waals surface area contributed by atoms with Crippen LogP contribution in [0.25, 0.3) is 11.4 Å². The van der Waals surface area contributed by atoms with Crippen molar-refractivity contribution in [3.8, 4) is 22.9 Å². The Morgan fingerprint density at radius 1 is 0.925 bits per heavy atom. The molecule has 1 aromatic heterocycles. The molecule has 206 valence electrons. The van der Waals surface area contributed by atoms with Crippen molar-refractivity contribution in [3.63, 3.8) is 0 Å². The van der Waals surface area contributed by atoms with Gasteiger partial charge in [0.15, 0.2) is 33.0 Å². The van der Waals surface area contributed by atoms with E-state index >= 15 is 0 Å². The number of aromatic amines is 1. The Labute approximate surface area is 232 Å². The van der Waals surface area contributed by atoms with Crippen molar-refractivity contribution in [2.45, 2.75) is 13.0 Å². The van der Waals surface area contributed by atoms with Gasteiger partial charge in [-0.15, -0.1) is 0 Å². The van der Waals surface area contributed by atoms with Gasteiger partial charge in [0.1, 0.15) is 13.2 Å². The quantitative estimate of drug-likeness (QED) is 0.353. The normalized spacial score (nSPS) is 16.4. The lowest BCUT2D eigenvalue weighted by Gasteiger charge is -2.26. The maximum absolute atomic E-state index is 12.9. The predicted molar refractivity (Wildman–Crippen MR) is 150 cm³/mol. The van der Waals surface area contributed by atoms with Crippen LogP contribution in [0.15, 0.2) is 66.7 Å². The molecule has 1 saturated heterocycles. The fourth-order valence-electron chi connectivity index (χ4n) is 4.78. The summed E-state index contributed by atoms with van der Waals surface area (Å²) in [5.41, 5.74) is 4.06. The second-order valence-corrected chi connectivity index (χ2v) is 12.2. The molecule has 4 aromatic rings. The lowest BCUT2D eigenvalue weighted by molar-refractivity contribution is 0.102. The van der Waals surface area contributed by atoms with Gasteiger partial charge in [-0.05, 0) is 59.7 Å². The number of nitrogens with zero attached hydrogens (tertiary/aromatic N) is 3. The number of sulfone groups is 1. The molecular weight excluding hydrogens is 530 g/mol. The molecule has 3 aromatic carbocycles. The van der Waals surface area contributed by atoms with Crippen molar-refractivity contribution in [1.82, 2.24) is 20.1 Å². The Morgan fingerprint density at radius 3 is 2.50 bits per heavy atom. The summed E-state index contributed by atoms with van der Waals surface area (Å²) in [7, 11) is -2.92. The second-order valence-electron chi connectivity index (χ2n) is 9.91. The van der Waals surface area contributed by atoms with Crippen LogP contribution in [0.1, 0.15) is 27.3 Å². The zero-order chi connectivity index (χ0) is 27.5. The number of amides is 1. The average molecular weight is 560 g/mol. The van der Waals surface area contributed by atoms with Gasteiger partial charge in [-0.2, -0.15) is 5.10 Å². The number of hydrogen-bond donors (Lipinski definition) is 2. The summed E-state index contributed by atoms with van der Waals surface area (Å²) in [6.07, 6.45) is 0.553. The largest absolute Gasteiger partial charge is 0.486 e. The molecule has 0 spiro atoms. The molecule has 10 nitrogen and oxygen atoms in total. The summed E-state index contributed by atoms with van der Waals surface area (Å²) in [5.74, 6) is 2.94. The fraction of sp³-hybridized carbons (Fsp3) is 0.276. The number of ether oxygens (including phenoxy) is 2. The molecule has 2 aliphatic heterocycles. The number of fused-ring (bicyclic) bond motifs is 1. The van der Waals surface area contributed by atoms with E-state index < -0.39 is 9.84 Å². The summed E-state index contributed by atoms with van der Waals surface area (Å²) < 4.78 is 34.6. The predicted octanol–water partition coefficient (Wildman–Crippen LogP) is 3.32. The van der Waals surface area contributed by atoms with Crippen LogP contribution in [0.5, 0.6) is 11.5 Å². The molecule has 3 heterocycles. The van der Waals surface area contributed by atoms with E-state index in [2.05, 4.69) is 25.4 Å². The maximum atomic E-state index is 12.9.